The number of benzene rings is 1. The Morgan fingerprint density at radius 1 is 1.25 bits per heavy atom. The largest absolute Gasteiger partial charge is 0.207 e. The summed E-state index contributed by atoms with van der Waals surface area (Å²) in [5.74, 6) is -1.07. The second-order valence-electron chi connectivity index (χ2n) is 4.52. The number of nitriles is 1. The standard InChI is InChI=1S/C13H13F2N/c1-8-10(13(7-16)4-3-5-13)6-11(14)9(2)12(8)15/h6H,3-5H2,1-2H3. The Labute approximate surface area is 93.7 Å². The van der Waals surface area contributed by atoms with E-state index in [1.165, 1.54) is 13.0 Å². The zero-order valence-electron chi connectivity index (χ0n) is 9.40. The Kier molecular flexibility index (Phi) is 2.46. The molecule has 0 heterocycles. The molecule has 0 amide bonds. The first-order valence-electron chi connectivity index (χ1n) is 5.39. The minimum Gasteiger partial charge on any atom is -0.207 e. The SMILES string of the molecule is Cc1c(F)cc(C2(C#N)CCC2)c(C)c1F. The Morgan fingerprint density at radius 2 is 1.88 bits per heavy atom. The molecule has 0 aromatic heterocycles. The molecule has 0 bridgehead atoms. The maximum Gasteiger partial charge on any atom is 0.132 e. The van der Waals surface area contributed by atoms with Gasteiger partial charge in [0, 0.05) is 5.56 Å². The van der Waals surface area contributed by atoms with E-state index in [0.29, 0.717) is 24.0 Å². The predicted molar refractivity (Wildman–Crippen MR) is 57.0 cm³/mol. The molecule has 1 saturated carbocycles. The third kappa shape index (κ3) is 1.33. The summed E-state index contributed by atoms with van der Waals surface area (Å²) in [4.78, 5) is 0. The van der Waals surface area contributed by atoms with Crippen LogP contribution in [-0.4, -0.2) is 0 Å². The predicted octanol–water partition coefficient (Wildman–Crippen LogP) is 3.53. The van der Waals surface area contributed by atoms with E-state index in [-0.39, 0.29) is 5.56 Å². The molecule has 3 heteroatoms. The van der Waals surface area contributed by atoms with E-state index in [2.05, 4.69) is 6.07 Å². The van der Waals surface area contributed by atoms with Gasteiger partial charge in [-0.05, 0) is 50.3 Å². The first kappa shape index (κ1) is 11.1. The van der Waals surface area contributed by atoms with Crippen LogP contribution in [0, 0.1) is 36.8 Å². The molecule has 1 nitrogen and oxygen atoms in total. The lowest BCUT2D eigenvalue weighted by Crippen LogP contribution is -2.33. The lowest BCUT2D eigenvalue weighted by molar-refractivity contribution is 0.319. The van der Waals surface area contributed by atoms with Crippen molar-refractivity contribution in [3.8, 4) is 6.07 Å². The molecule has 0 atom stereocenters. The van der Waals surface area contributed by atoms with Gasteiger partial charge in [-0.25, -0.2) is 8.78 Å². The molecule has 0 radical (unpaired) electrons. The molecule has 0 unspecified atom stereocenters. The molecule has 0 saturated heterocycles. The van der Waals surface area contributed by atoms with Gasteiger partial charge in [-0.2, -0.15) is 5.26 Å². The normalized spacial score (nSPS) is 17.7. The van der Waals surface area contributed by atoms with Gasteiger partial charge in [0.25, 0.3) is 0 Å². The molecule has 16 heavy (non-hydrogen) atoms. The van der Waals surface area contributed by atoms with Gasteiger partial charge in [-0.3, -0.25) is 0 Å². The fraction of sp³-hybridized carbons (Fsp3) is 0.462. The van der Waals surface area contributed by atoms with E-state index < -0.39 is 17.0 Å². The zero-order valence-corrected chi connectivity index (χ0v) is 9.40. The Bertz CT molecular complexity index is 482. The van der Waals surface area contributed by atoms with E-state index in [9.17, 15) is 14.0 Å². The van der Waals surface area contributed by atoms with Crippen molar-refractivity contribution < 1.29 is 8.78 Å². The molecule has 0 aliphatic heterocycles. The van der Waals surface area contributed by atoms with Crippen molar-refractivity contribution in [2.24, 2.45) is 0 Å². The number of hydrogen-bond acceptors (Lipinski definition) is 1. The lowest BCUT2D eigenvalue weighted by atomic mass is 9.64. The number of hydrogen-bond donors (Lipinski definition) is 0. The van der Waals surface area contributed by atoms with Crippen LogP contribution >= 0.6 is 0 Å². The average Bonchev–Trinajstić information content (AvgIpc) is 2.21. The van der Waals surface area contributed by atoms with Crippen LogP contribution < -0.4 is 0 Å². The Balaban J connectivity index is 2.63. The van der Waals surface area contributed by atoms with Crippen molar-refractivity contribution in [1.29, 1.82) is 5.26 Å². The van der Waals surface area contributed by atoms with Crippen molar-refractivity contribution in [2.75, 3.05) is 0 Å². The summed E-state index contributed by atoms with van der Waals surface area (Å²) in [6, 6.07) is 3.54. The van der Waals surface area contributed by atoms with E-state index in [4.69, 9.17) is 0 Å². The first-order valence-corrected chi connectivity index (χ1v) is 5.39. The van der Waals surface area contributed by atoms with E-state index in [1.54, 1.807) is 6.92 Å². The smallest absolute Gasteiger partial charge is 0.132 e. The van der Waals surface area contributed by atoms with Crippen LogP contribution in [0.5, 0.6) is 0 Å². The maximum absolute atomic E-state index is 13.7. The summed E-state index contributed by atoms with van der Waals surface area (Å²) in [6.07, 6.45) is 2.35. The van der Waals surface area contributed by atoms with Crippen LogP contribution in [0.15, 0.2) is 6.07 Å². The van der Waals surface area contributed by atoms with Crippen LogP contribution in [0.4, 0.5) is 8.78 Å². The fourth-order valence-corrected chi connectivity index (χ4v) is 2.32. The molecule has 1 fully saturated rings. The molecule has 1 aliphatic rings. The number of nitrogens with zero attached hydrogens (tertiary/aromatic N) is 1. The molecule has 1 aromatic rings. The first-order chi connectivity index (χ1) is 7.52. The summed E-state index contributed by atoms with van der Waals surface area (Å²) in [5, 5.41) is 9.17. The third-order valence-corrected chi connectivity index (χ3v) is 3.63. The zero-order chi connectivity index (χ0) is 11.9. The summed E-state index contributed by atoms with van der Waals surface area (Å²) < 4.78 is 27.2. The maximum atomic E-state index is 13.7. The van der Waals surface area contributed by atoms with Gasteiger partial charge >= 0.3 is 0 Å². The van der Waals surface area contributed by atoms with Crippen molar-refractivity contribution in [2.45, 2.75) is 38.5 Å². The summed E-state index contributed by atoms with van der Waals surface area (Å²) in [5.41, 5.74) is 0.329. The van der Waals surface area contributed by atoms with Crippen molar-refractivity contribution in [1.82, 2.24) is 0 Å². The lowest BCUT2D eigenvalue weighted by Gasteiger charge is -2.37. The van der Waals surface area contributed by atoms with Gasteiger partial charge in [-0.1, -0.05) is 0 Å². The van der Waals surface area contributed by atoms with Gasteiger partial charge in [-0.15, -0.1) is 0 Å². The van der Waals surface area contributed by atoms with Gasteiger partial charge in [0.2, 0.25) is 0 Å². The molecular weight excluding hydrogens is 208 g/mol. The van der Waals surface area contributed by atoms with Crippen LogP contribution in [0.2, 0.25) is 0 Å². The van der Waals surface area contributed by atoms with Crippen molar-refractivity contribution in [3.05, 3.63) is 34.4 Å². The minimum atomic E-state index is -0.653. The average molecular weight is 221 g/mol. The Morgan fingerprint density at radius 3 is 2.31 bits per heavy atom. The highest BCUT2D eigenvalue weighted by atomic mass is 19.1. The van der Waals surface area contributed by atoms with Crippen molar-refractivity contribution in [3.63, 3.8) is 0 Å². The van der Waals surface area contributed by atoms with E-state index >= 15 is 0 Å². The topological polar surface area (TPSA) is 23.8 Å². The molecule has 1 aliphatic carbocycles. The summed E-state index contributed by atoms with van der Waals surface area (Å²) in [6.45, 7) is 3.04. The van der Waals surface area contributed by atoms with Crippen LogP contribution in [0.3, 0.4) is 0 Å². The van der Waals surface area contributed by atoms with Gasteiger partial charge in [0.1, 0.15) is 11.6 Å². The highest BCUT2D eigenvalue weighted by molar-refractivity contribution is 5.44. The van der Waals surface area contributed by atoms with E-state index in [1.807, 2.05) is 0 Å². The quantitative estimate of drug-likeness (QED) is 0.711. The molecule has 1 aromatic carbocycles. The van der Waals surface area contributed by atoms with Gasteiger partial charge < -0.3 is 0 Å². The van der Waals surface area contributed by atoms with Crippen LogP contribution in [0.1, 0.15) is 36.0 Å². The number of rotatable bonds is 1. The van der Waals surface area contributed by atoms with Crippen LogP contribution in [-0.2, 0) is 5.41 Å². The highest BCUT2D eigenvalue weighted by Gasteiger charge is 2.41. The van der Waals surface area contributed by atoms with Gasteiger partial charge in [0.05, 0.1) is 11.5 Å². The summed E-state index contributed by atoms with van der Waals surface area (Å²) in [7, 11) is 0. The molecule has 2 rings (SSSR count). The second kappa shape index (κ2) is 3.55. The van der Waals surface area contributed by atoms with E-state index in [0.717, 1.165) is 6.42 Å². The molecular formula is C13H13F2N. The fourth-order valence-electron chi connectivity index (χ4n) is 2.32. The van der Waals surface area contributed by atoms with Crippen LogP contribution in [0.25, 0.3) is 0 Å². The van der Waals surface area contributed by atoms with Gasteiger partial charge in [0.15, 0.2) is 0 Å². The highest BCUT2D eigenvalue weighted by Crippen LogP contribution is 2.45. The summed E-state index contributed by atoms with van der Waals surface area (Å²) >= 11 is 0. The second-order valence-corrected chi connectivity index (χ2v) is 4.52. The third-order valence-electron chi connectivity index (χ3n) is 3.63. The molecule has 84 valence electrons. The number of halogens is 2. The monoisotopic (exact) mass is 221 g/mol. The minimum absolute atomic E-state index is 0.0358. The molecule has 0 N–H and O–H groups in total. The van der Waals surface area contributed by atoms with Crippen molar-refractivity contribution >= 4 is 0 Å². The Hall–Kier alpha value is -1.43. The molecule has 0 spiro atoms.